The number of aromatic hydroxyl groups is 1. The van der Waals surface area contributed by atoms with E-state index in [0.717, 1.165) is 5.56 Å². The van der Waals surface area contributed by atoms with Crippen LogP contribution >= 0.6 is 23.2 Å². The van der Waals surface area contributed by atoms with Crippen LogP contribution in [-0.2, 0) is 0 Å². The highest BCUT2D eigenvalue weighted by Gasteiger charge is 2.12. The van der Waals surface area contributed by atoms with Gasteiger partial charge in [-0.15, -0.1) is 0 Å². The molecule has 2 aromatic rings. The summed E-state index contributed by atoms with van der Waals surface area (Å²) in [6.07, 6.45) is 0. The average Bonchev–Trinajstić information content (AvgIpc) is 2.48. The van der Waals surface area contributed by atoms with Crippen LogP contribution in [0.5, 0.6) is 5.75 Å². The lowest BCUT2D eigenvalue weighted by molar-refractivity contribution is 0.0954. The van der Waals surface area contributed by atoms with Gasteiger partial charge in [-0.3, -0.25) is 4.79 Å². The van der Waals surface area contributed by atoms with E-state index in [9.17, 15) is 9.90 Å². The second kappa shape index (κ2) is 6.81. The normalized spacial score (nSPS) is 11.4. The molecule has 2 N–H and O–H groups in total. The van der Waals surface area contributed by atoms with Gasteiger partial charge in [0.25, 0.3) is 5.91 Å². The van der Waals surface area contributed by atoms with Crippen LogP contribution in [0, 0.1) is 6.92 Å². The molecule has 0 bridgehead atoms. The molecule has 0 aromatic heterocycles. The predicted molar refractivity (Wildman–Crippen MR) is 89.0 cm³/mol. The molecule has 0 aliphatic heterocycles. The van der Waals surface area contributed by atoms with Crippen LogP contribution in [-0.4, -0.2) is 16.7 Å². The smallest absolute Gasteiger partial charge is 0.271 e. The maximum Gasteiger partial charge on any atom is 0.271 e. The standard InChI is InChI=1S/C16H14Cl2N2O2/c1-9-5-3-4-6-12(9)16(22)20-19-10(2)13-7-11(17)8-14(18)15(13)21/h3-8,21H,1-2H3,(H,20,22)/b19-10+. The van der Waals surface area contributed by atoms with Crippen LogP contribution in [0.4, 0.5) is 0 Å². The van der Waals surface area contributed by atoms with E-state index >= 15 is 0 Å². The molecule has 0 spiro atoms. The lowest BCUT2D eigenvalue weighted by Gasteiger charge is -2.08. The minimum Gasteiger partial charge on any atom is -0.506 e. The van der Waals surface area contributed by atoms with E-state index in [1.807, 2.05) is 19.1 Å². The van der Waals surface area contributed by atoms with E-state index in [2.05, 4.69) is 10.5 Å². The molecule has 0 atom stereocenters. The van der Waals surface area contributed by atoms with Crippen molar-refractivity contribution in [2.45, 2.75) is 13.8 Å². The van der Waals surface area contributed by atoms with Crippen molar-refractivity contribution in [3.63, 3.8) is 0 Å². The number of carbonyl (C=O) groups is 1. The summed E-state index contributed by atoms with van der Waals surface area (Å²) in [7, 11) is 0. The van der Waals surface area contributed by atoms with E-state index in [1.54, 1.807) is 19.1 Å². The molecule has 0 saturated heterocycles. The molecule has 6 heteroatoms. The van der Waals surface area contributed by atoms with Gasteiger partial charge < -0.3 is 5.11 Å². The van der Waals surface area contributed by atoms with Gasteiger partial charge in [-0.2, -0.15) is 5.10 Å². The molecule has 0 aliphatic rings. The molecule has 22 heavy (non-hydrogen) atoms. The summed E-state index contributed by atoms with van der Waals surface area (Å²) in [6.45, 7) is 3.48. The highest BCUT2D eigenvalue weighted by Crippen LogP contribution is 2.31. The Morgan fingerprint density at radius 2 is 1.86 bits per heavy atom. The molecule has 0 unspecified atom stereocenters. The van der Waals surface area contributed by atoms with Crippen LogP contribution in [0.25, 0.3) is 0 Å². The summed E-state index contributed by atoms with van der Waals surface area (Å²) in [4.78, 5) is 12.1. The van der Waals surface area contributed by atoms with Gasteiger partial charge in [-0.05, 0) is 37.6 Å². The first-order chi connectivity index (χ1) is 10.4. The zero-order valence-electron chi connectivity index (χ0n) is 12.0. The molecule has 0 saturated carbocycles. The largest absolute Gasteiger partial charge is 0.506 e. The molecule has 114 valence electrons. The molecule has 0 fully saturated rings. The highest BCUT2D eigenvalue weighted by molar-refractivity contribution is 6.36. The minimum absolute atomic E-state index is 0.127. The van der Waals surface area contributed by atoms with Crippen molar-refractivity contribution in [1.29, 1.82) is 0 Å². The summed E-state index contributed by atoms with van der Waals surface area (Å²) in [6, 6.07) is 10.1. The molecule has 4 nitrogen and oxygen atoms in total. The summed E-state index contributed by atoms with van der Waals surface area (Å²) in [5, 5.41) is 14.4. The maximum atomic E-state index is 12.1. The van der Waals surface area contributed by atoms with Gasteiger partial charge in [-0.25, -0.2) is 5.43 Å². The summed E-state index contributed by atoms with van der Waals surface area (Å²) in [5.41, 5.74) is 4.60. The van der Waals surface area contributed by atoms with Gasteiger partial charge in [0, 0.05) is 16.1 Å². The lowest BCUT2D eigenvalue weighted by Crippen LogP contribution is -2.20. The number of halogens is 2. The van der Waals surface area contributed by atoms with Crippen LogP contribution in [0.1, 0.15) is 28.4 Å². The summed E-state index contributed by atoms with van der Waals surface area (Å²) in [5.74, 6) is -0.456. The quantitative estimate of drug-likeness (QED) is 0.652. The number of amides is 1. The van der Waals surface area contributed by atoms with Crippen LogP contribution in [0.3, 0.4) is 0 Å². The number of phenolic OH excluding ortho intramolecular Hbond substituents is 1. The van der Waals surface area contributed by atoms with E-state index in [-0.39, 0.29) is 16.7 Å². The monoisotopic (exact) mass is 336 g/mol. The van der Waals surface area contributed by atoms with Crippen LogP contribution in [0.2, 0.25) is 10.0 Å². The molecule has 1 amide bonds. The van der Waals surface area contributed by atoms with Gasteiger partial charge >= 0.3 is 0 Å². The topological polar surface area (TPSA) is 61.7 Å². The molecule has 0 radical (unpaired) electrons. The number of nitrogens with zero attached hydrogens (tertiary/aromatic N) is 1. The lowest BCUT2D eigenvalue weighted by atomic mass is 10.1. The molecule has 2 aromatic carbocycles. The van der Waals surface area contributed by atoms with Crippen LogP contribution < -0.4 is 5.43 Å². The van der Waals surface area contributed by atoms with Crippen molar-refractivity contribution in [2.24, 2.45) is 5.10 Å². The van der Waals surface area contributed by atoms with Crippen molar-refractivity contribution < 1.29 is 9.90 Å². The zero-order valence-corrected chi connectivity index (χ0v) is 13.5. The Hall–Kier alpha value is -2.04. The van der Waals surface area contributed by atoms with Gasteiger partial charge in [0.1, 0.15) is 5.75 Å². The Kier molecular flexibility index (Phi) is 5.06. The Balaban J connectivity index is 2.24. The Morgan fingerprint density at radius 3 is 2.55 bits per heavy atom. The third kappa shape index (κ3) is 3.59. The summed E-state index contributed by atoms with van der Waals surface area (Å²) < 4.78 is 0. The minimum atomic E-state index is -0.329. The van der Waals surface area contributed by atoms with E-state index in [4.69, 9.17) is 23.2 Å². The number of hydrogen-bond acceptors (Lipinski definition) is 3. The van der Waals surface area contributed by atoms with Crippen molar-refractivity contribution in [1.82, 2.24) is 5.43 Å². The number of aryl methyl sites for hydroxylation is 1. The van der Waals surface area contributed by atoms with Crippen molar-refractivity contribution in [3.8, 4) is 5.75 Å². The first-order valence-corrected chi connectivity index (χ1v) is 7.24. The number of hydrazone groups is 1. The fourth-order valence-electron chi connectivity index (χ4n) is 1.92. The first kappa shape index (κ1) is 16.3. The molecular formula is C16H14Cl2N2O2. The Bertz CT molecular complexity index is 758. The van der Waals surface area contributed by atoms with Crippen molar-refractivity contribution in [3.05, 3.63) is 63.1 Å². The maximum absolute atomic E-state index is 12.1. The number of nitrogens with one attached hydrogen (secondary N) is 1. The predicted octanol–water partition coefficient (Wildman–Crippen LogP) is 4.16. The molecule has 0 heterocycles. The van der Waals surface area contributed by atoms with E-state index < -0.39 is 0 Å². The van der Waals surface area contributed by atoms with E-state index in [1.165, 1.54) is 12.1 Å². The van der Waals surface area contributed by atoms with Gasteiger partial charge in [0.2, 0.25) is 0 Å². The third-order valence-corrected chi connectivity index (χ3v) is 3.64. The Labute approximate surface area is 138 Å². The Morgan fingerprint density at radius 1 is 1.18 bits per heavy atom. The van der Waals surface area contributed by atoms with E-state index in [0.29, 0.717) is 21.9 Å². The third-order valence-electron chi connectivity index (χ3n) is 3.13. The number of hydrogen-bond donors (Lipinski definition) is 2. The summed E-state index contributed by atoms with van der Waals surface area (Å²) >= 11 is 11.8. The number of rotatable bonds is 3. The van der Waals surface area contributed by atoms with Crippen molar-refractivity contribution in [2.75, 3.05) is 0 Å². The van der Waals surface area contributed by atoms with Crippen LogP contribution in [0.15, 0.2) is 41.5 Å². The zero-order chi connectivity index (χ0) is 16.3. The fraction of sp³-hybridized carbons (Fsp3) is 0.125. The number of benzene rings is 2. The van der Waals surface area contributed by atoms with Gasteiger partial charge in [0.05, 0.1) is 10.7 Å². The SMILES string of the molecule is C/C(=N\NC(=O)c1ccccc1C)c1cc(Cl)cc(Cl)c1O. The molecule has 2 rings (SSSR count). The fourth-order valence-corrected chi connectivity index (χ4v) is 2.42. The number of phenols is 1. The van der Waals surface area contributed by atoms with Gasteiger partial charge in [0.15, 0.2) is 0 Å². The average molecular weight is 337 g/mol. The molecule has 0 aliphatic carbocycles. The van der Waals surface area contributed by atoms with Gasteiger partial charge in [-0.1, -0.05) is 41.4 Å². The second-order valence-corrected chi connectivity index (χ2v) is 5.58. The van der Waals surface area contributed by atoms with Crippen molar-refractivity contribution >= 4 is 34.8 Å². The highest BCUT2D eigenvalue weighted by atomic mass is 35.5. The molecular weight excluding hydrogens is 323 g/mol. The first-order valence-electron chi connectivity index (χ1n) is 6.48. The number of carbonyl (C=O) groups excluding carboxylic acids is 1. The second-order valence-electron chi connectivity index (χ2n) is 4.74.